The van der Waals surface area contributed by atoms with Gasteiger partial charge in [-0.15, -0.1) is 0 Å². The molecule has 0 aromatic heterocycles. The Morgan fingerprint density at radius 3 is 1.45 bits per heavy atom. The lowest BCUT2D eigenvalue weighted by Gasteiger charge is -2.26. The van der Waals surface area contributed by atoms with Crippen molar-refractivity contribution in [3.8, 4) is 0 Å². The van der Waals surface area contributed by atoms with Gasteiger partial charge in [-0.1, -0.05) is 121 Å². The van der Waals surface area contributed by atoms with Crippen LogP contribution in [0.2, 0.25) is 0 Å². The Hall–Kier alpha value is -3.91. The molecular formula is C29H22O2. The van der Waals surface area contributed by atoms with E-state index in [1.807, 2.05) is 84.9 Å². The van der Waals surface area contributed by atoms with Crippen LogP contribution in [0.15, 0.2) is 121 Å². The Morgan fingerprint density at radius 2 is 0.968 bits per heavy atom. The van der Waals surface area contributed by atoms with E-state index in [1.54, 1.807) is 0 Å². The number of cyclic esters (lactones) is 1. The fourth-order valence-electron chi connectivity index (χ4n) is 4.39. The van der Waals surface area contributed by atoms with Crippen molar-refractivity contribution >= 4 is 17.1 Å². The first-order valence-corrected chi connectivity index (χ1v) is 10.5. The van der Waals surface area contributed by atoms with Crippen LogP contribution in [-0.4, -0.2) is 12.1 Å². The number of carbonyl (C=O) groups excluding carboxylic acids is 1. The van der Waals surface area contributed by atoms with Gasteiger partial charge in [0, 0.05) is 5.57 Å². The summed E-state index contributed by atoms with van der Waals surface area (Å²) in [5, 5.41) is 0. The second kappa shape index (κ2) is 8.45. The molecule has 0 bridgehead atoms. The van der Waals surface area contributed by atoms with E-state index in [0.717, 1.165) is 27.8 Å². The first-order valence-electron chi connectivity index (χ1n) is 10.5. The van der Waals surface area contributed by atoms with Gasteiger partial charge in [-0.25, -0.2) is 4.79 Å². The van der Waals surface area contributed by atoms with Crippen LogP contribution in [0.3, 0.4) is 0 Å². The minimum atomic E-state index is -0.421. The first kappa shape index (κ1) is 19.1. The summed E-state index contributed by atoms with van der Waals surface area (Å²) in [4.78, 5) is 13.3. The van der Waals surface area contributed by atoms with Crippen LogP contribution in [0, 0.1) is 0 Å². The molecule has 4 aromatic carbocycles. The molecular weight excluding hydrogens is 380 g/mol. The molecule has 0 aliphatic carbocycles. The molecule has 1 atom stereocenters. The van der Waals surface area contributed by atoms with Crippen LogP contribution in [0.5, 0.6) is 0 Å². The maximum absolute atomic E-state index is 13.3. The van der Waals surface area contributed by atoms with Crippen molar-refractivity contribution in [2.45, 2.75) is 12.0 Å². The number of esters is 1. The average molecular weight is 402 g/mol. The second-order valence-electron chi connectivity index (χ2n) is 7.65. The van der Waals surface area contributed by atoms with Crippen molar-refractivity contribution in [3.05, 3.63) is 144 Å². The fourth-order valence-corrected chi connectivity index (χ4v) is 4.39. The highest BCUT2D eigenvalue weighted by molar-refractivity contribution is 6.28. The lowest BCUT2D eigenvalue weighted by atomic mass is 9.80. The zero-order chi connectivity index (χ0) is 21.0. The standard InChI is InChI=1S/C29H22O2/c30-29-27(24-19-11-4-12-20-24)26(23-17-9-3-10-18-23)28(31-29)25(21-13-5-1-6-14-21)22-15-7-2-8-16-22/h1-20,25,28H/t28-/m1/s1. The molecule has 1 aliphatic rings. The summed E-state index contributed by atoms with van der Waals surface area (Å²) < 4.78 is 6.15. The summed E-state index contributed by atoms with van der Waals surface area (Å²) >= 11 is 0. The summed E-state index contributed by atoms with van der Waals surface area (Å²) in [6.45, 7) is 0. The van der Waals surface area contributed by atoms with E-state index in [-0.39, 0.29) is 11.9 Å². The summed E-state index contributed by atoms with van der Waals surface area (Å²) in [7, 11) is 0. The van der Waals surface area contributed by atoms with E-state index in [4.69, 9.17) is 4.74 Å². The highest BCUT2D eigenvalue weighted by atomic mass is 16.5. The predicted molar refractivity (Wildman–Crippen MR) is 124 cm³/mol. The van der Waals surface area contributed by atoms with Crippen LogP contribution in [0.25, 0.3) is 11.1 Å². The van der Waals surface area contributed by atoms with E-state index >= 15 is 0 Å². The smallest absolute Gasteiger partial charge is 0.339 e. The number of ether oxygens (including phenoxy) is 1. The maximum Gasteiger partial charge on any atom is 0.339 e. The number of hydrogen-bond donors (Lipinski definition) is 0. The van der Waals surface area contributed by atoms with E-state index in [0.29, 0.717) is 5.57 Å². The van der Waals surface area contributed by atoms with Gasteiger partial charge < -0.3 is 4.74 Å². The normalized spacial score (nSPS) is 15.9. The molecule has 150 valence electrons. The summed E-state index contributed by atoms with van der Waals surface area (Å²) in [6.07, 6.45) is -0.421. The number of carbonyl (C=O) groups is 1. The summed E-state index contributed by atoms with van der Waals surface area (Å²) in [5.74, 6) is -0.380. The Kier molecular flexibility index (Phi) is 5.20. The topological polar surface area (TPSA) is 26.3 Å². The Balaban J connectivity index is 1.75. The molecule has 31 heavy (non-hydrogen) atoms. The zero-order valence-electron chi connectivity index (χ0n) is 17.0. The Bertz CT molecular complexity index is 1160. The van der Waals surface area contributed by atoms with Crippen molar-refractivity contribution in [2.24, 2.45) is 0 Å². The molecule has 0 saturated carbocycles. The van der Waals surface area contributed by atoms with Gasteiger partial charge in [0.25, 0.3) is 0 Å². The van der Waals surface area contributed by atoms with Gasteiger partial charge >= 0.3 is 5.97 Å². The van der Waals surface area contributed by atoms with E-state index in [2.05, 4.69) is 36.4 Å². The van der Waals surface area contributed by atoms with Gasteiger partial charge in [0.1, 0.15) is 6.10 Å². The third-order valence-electron chi connectivity index (χ3n) is 5.76. The van der Waals surface area contributed by atoms with Gasteiger partial charge in [0.05, 0.1) is 11.5 Å². The van der Waals surface area contributed by atoms with Crippen LogP contribution in [0.4, 0.5) is 0 Å². The highest BCUT2D eigenvalue weighted by Crippen LogP contribution is 2.45. The SMILES string of the molecule is O=C1O[C@H](C(c2ccccc2)c2ccccc2)C(c2ccccc2)=C1c1ccccc1. The number of hydrogen-bond acceptors (Lipinski definition) is 2. The number of rotatable bonds is 5. The molecule has 0 saturated heterocycles. The summed E-state index contributed by atoms with van der Waals surface area (Å²) in [6, 6.07) is 40.5. The molecule has 2 heteroatoms. The molecule has 0 fully saturated rings. The minimum Gasteiger partial charge on any atom is -0.453 e. The molecule has 2 nitrogen and oxygen atoms in total. The van der Waals surface area contributed by atoms with Crippen LogP contribution in [0.1, 0.15) is 28.2 Å². The van der Waals surface area contributed by atoms with E-state index in [9.17, 15) is 4.79 Å². The van der Waals surface area contributed by atoms with E-state index in [1.165, 1.54) is 0 Å². The third-order valence-corrected chi connectivity index (χ3v) is 5.76. The molecule has 0 spiro atoms. The largest absolute Gasteiger partial charge is 0.453 e. The van der Waals surface area contributed by atoms with Crippen molar-refractivity contribution in [1.82, 2.24) is 0 Å². The average Bonchev–Trinajstić information content (AvgIpc) is 3.18. The second-order valence-corrected chi connectivity index (χ2v) is 7.65. The quantitative estimate of drug-likeness (QED) is 0.363. The van der Waals surface area contributed by atoms with Crippen LogP contribution < -0.4 is 0 Å². The van der Waals surface area contributed by atoms with E-state index < -0.39 is 6.10 Å². The first-order chi connectivity index (χ1) is 15.3. The fraction of sp³-hybridized carbons (Fsp3) is 0.0690. The van der Waals surface area contributed by atoms with Gasteiger partial charge in [-0.05, 0) is 22.3 Å². The molecule has 1 heterocycles. The van der Waals surface area contributed by atoms with Crippen LogP contribution in [-0.2, 0) is 9.53 Å². The maximum atomic E-state index is 13.3. The van der Waals surface area contributed by atoms with Crippen LogP contribution >= 0.6 is 0 Å². The van der Waals surface area contributed by atoms with Gasteiger partial charge in [-0.3, -0.25) is 0 Å². The molecule has 0 N–H and O–H groups in total. The minimum absolute atomic E-state index is 0.109. The molecule has 0 amide bonds. The predicted octanol–water partition coefficient (Wildman–Crippen LogP) is 6.35. The molecule has 5 rings (SSSR count). The molecule has 0 radical (unpaired) electrons. The van der Waals surface area contributed by atoms with Crippen molar-refractivity contribution in [1.29, 1.82) is 0 Å². The lowest BCUT2D eigenvalue weighted by molar-refractivity contribution is -0.137. The van der Waals surface area contributed by atoms with Crippen molar-refractivity contribution in [3.63, 3.8) is 0 Å². The number of benzene rings is 4. The molecule has 0 unspecified atom stereocenters. The highest BCUT2D eigenvalue weighted by Gasteiger charge is 2.41. The zero-order valence-corrected chi connectivity index (χ0v) is 17.0. The summed E-state index contributed by atoms with van der Waals surface area (Å²) in [5.41, 5.74) is 5.72. The molecule has 1 aliphatic heterocycles. The Labute approximate surface area is 182 Å². The molecule has 4 aromatic rings. The van der Waals surface area contributed by atoms with Gasteiger partial charge in [-0.2, -0.15) is 0 Å². The third kappa shape index (κ3) is 3.69. The van der Waals surface area contributed by atoms with Crippen molar-refractivity contribution < 1.29 is 9.53 Å². The van der Waals surface area contributed by atoms with Gasteiger partial charge in [0.15, 0.2) is 0 Å². The Morgan fingerprint density at radius 1 is 0.548 bits per heavy atom. The monoisotopic (exact) mass is 402 g/mol. The van der Waals surface area contributed by atoms with Crippen molar-refractivity contribution in [2.75, 3.05) is 0 Å². The van der Waals surface area contributed by atoms with Gasteiger partial charge in [0.2, 0.25) is 0 Å². The lowest BCUT2D eigenvalue weighted by Crippen LogP contribution is -2.22.